The van der Waals surface area contributed by atoms with Gasteiger partial charge in [0.15, 0.2) is 0 Å². The standard InChI is InChI=1S/C21H25N3O2S/c1-14(2)19(20(25)24-12-11-15-7-4-5-10-18(15)24)23-21(26)22-16-8-6-9-17(13-16)27-3/h4-10,13-14,19H,11-12H2,1-3H3,(H2,22,23,26). The summed E-state index contributed by atoms with van der Waals surface area (Å²) >= 11 is 1.61. The number of rotatable bonds is 5. The molecule has 2 aromatic carbocycles. The Bertz CT molecular complexity index is 838. The van der Waals surface area contributed by atoms with E-state index in [1.807, 2.05) is 68.6 Å². The number of urea groups is 1. The van der Waals surface area contributed by atoms with E-state index in [-0.39, 0.29) is 17.9 Å². The van der Waals surface area contributed by atoms with Crippen LogP contribution in [-0.2, 0) is 11.2 Å². The second kappa shape index (κ2) is 8.48. The molecule has 2 N–H and O–H groups in total. The molecule has 0 aromatic heterocycles. The number of hydrogen-bond acceptors (Lipinski definition) is 3. The van der Waals surface area contributed by atoms with Gasteiger partial charge in [0.25, 0.3) is 0 Å². The van der Waals surface area contributed by atoms with Crippen LogP contribution in [-0.4, -0.2) is 30.8 Å². The number of para-hydroxylation sites is 1. The zero-order chi connectivity index (χ0) is 19.4. The quantitative estimate of drug-likeness (QED) is 0.763. The molecule has 0 saturated carbocycles. The Morgan fingerprint density at radius 3 is 2.63 bits per heavy atom. The van der Waals surface area contributed by atoms with Crippen molar-refractivity contribution in [2.75, 3.05) is 23.0 Å². The molecular weight excluding hydrogens is 358 g/mol. The minimum Gasteiger partial charge on any atom is -0.326 e. The van der Waals surface area contributed by atoms with Gasteiger partial charge in [-0.15, -0.1) is 11.8 Å². The Balaban J connectivity index is 1.70. The van der Waals surface area contributed by atoms with E-state index >= 15 is 0 Å². The second-order valence-electron chi connectivity index (χ2n) is 6.92. The third-order valence-electron chi connectivity index (χ3n) is 4.70. The third kappa shape index (κ3) is 4.45. The highest BCUT2D eigenvalue weighted by atomic mass is 32.2. The van der Waals surface area contributed by atoms with Crippen molar-refractivity contribution in [3.63, 3.8) is 0 Å². The number of carbonyl (C=O) groups is 2. The van der Waals surface area contributed by atoms with Gasteiger partial charge >= 0.3 is 6.03 Å². The first-order chi connectivity index (χ1) is 13.0. The van der Waals surface area contributed by atoms with Crippen LogP contribution in [0.25, 0.3) is 0 Å². The summed E-state index contributed by atoms with van der Waals surface area (Å²) in [5.41, 5.74) is 2.83. The molecule has 0 radical (unpaired) electrons. The summed E-state index contributed by atoms with van der Waals surface area (Å²) in [7, 11) is 0. The number of thioether (sulfide) groups is 1. The van der Waals surface area contributed by atoms with Crippen molar-refractivity contribution in [1.29, 1.82) is 0 Å². The van der Waals surface area contributed by atoms with Crippen molar-refractivity contribution in [3.05, 3.63) is 54.1 Å². The largest absolute Gasteiger partial charge is 0.326 e. The maximum absolute atomic E-state index is 13.1. The van der Waals surface area contributed by atoms with E-state index in [2.05, 4.69) is 10.6 Å². The van der Waals surface area contributed by atoms with Crippen LogP contribution in [0.15, 0.2) is 53.4 Å². The SMILES string of the molecule is CSc1cccc(NC(=O)NC(C(=O)N2CCc3ccccc32)C(C)C)c1. The maximum Gasteiger partial charge on any atom is 0.319 e. The van der Waals surface area contributed by atoms with Gasteiger partial charge in [-0.1, -0.05) is 38.1 Å². The van der Waals surface area contributed by atoms with E-state index in [4.69, 9.17) is 0 Å². The lowest BCUT2D eigenvalue weighted by atomic mass is 10.0. The van der Waals surface area contributed by atoms with E-state index in [0.717, 1.165) is 17.0 Å². The highest BCUT2D eigenvalue weighted by molar-refractivity contribution is 7.98. The molecule has 6 heteroatoms. The number of amides is 3. The number of anilines is 2. The number of hydrogen-bond donors (Lipinski definition) is 2. The monoisotopic (exact) mass is 383 g/mol. The zero-order valence-electron chi connectivity index (χ0n) is 15.9. The summed E-state index contributed by atoms with van der Waals surface area (Å²) in [5, 5.41) is 5.69. The minimum absolute atomic E-state index is 0.0199. The molecule has 3 amide bonds. The molecule has 1 atom stereocenters. The van der Waals surface area contributed by atoms with Crippen molar-refractivity contribution in [1.82, 2.24) is 5.32 Å². The van der Waals surface area contributed by atoms with Gasteiger partial charge in [-0.2, -0.15) is 0 Å². The number of carbonyl (C=O) groups excluding carboxylic acids is 2. The average Bonchev–Trinajstić information content (AvgIpc) is 3.09. The van der Waals surface area contributed by atoms with Crippen LogP contribution in [0.5, 0.6) is 0 Å². The van der Waals surface area contributed by atoms with Crippen LogP contribution in [0.2, 0.25) is 0 Å². The van der Waals surface area contributed by atoms with Gasteiger partial charge in [0.05, 0.1) is 0 Å². The van der Waals surface area contributed by atoms with Crippen LogP contribution in [0.4, 0.5) is 16.2 Å². The molecule has 0 aliphatic carbocycles. The summed E-state index contributed by atoms with van der Waals surface area (Å²) in [5.74, 6) is -0.0866. The Morgan fingerprint density at radius 2 is 1.89 bits per heavy atom. The lowest BCUT2D eigenvalue weighted by Gasteiger charge is -2.27. The maximum atomic E-state index is 13.1. The first-order valence-electron chi connectivity index (χ1n) is 9.10. The van der Waals surface area contributed by atoms with Crippen molar-refractivity contribution in [2.24, 2.45) is 5.92 Å². The summed E-state index contributed by atoms with van der Waals surface area (Å²) in [6.07, 6.45) is 2.83. The summed E-state index contributed by atoms with van der Waals surface area (Å²) in [6.45, 7) is 4.54. The number of nitrogens with zero attached hydrogens (tertiary/aromatic N) is 1. The van der Waals surface area contributed by atoms with E-state index in [1.165, 1.54) is 5.56 Å². The van der Waals surface area contributed by atoms with Gasteiger partial charge in [0.1, 0.15) is 6.04 Å². The van der Waals surface area contributed by atoms with Crippen molar-refractivity contribution < 1.29 is 9.59 Å². The normalized spacial score (nSPS) is 14.0. The van der Waals surface area contributed by atoms with Gasteiger partial charge in [0.2, 0.25) is 5.91 Å². The molecule has 142 valence electrons. The minimum atomic E-state index is -0.583. The summed E-state index contributed by atoms with van der Waals surface area (Å²) < 4.78 is 0. The van der Waals surface area contributed by atoms with Gasteiger partial charge in [0, 0.05) is 22.8 Å². The van der Waals surface area contributed by atoms with E-state index < -0.39 is 6.04 Å². The molecule has 0 fully saturated rings. The molecule has 3 rings (SSSR count). The van der Waals surface area contributed by atoms with Crippen LogP contribution >= 0.6 is 11.8 Å². The van der Waals surface area contributed by atoms with Gasteiger partial charge in [-0.25, -0.2) is 4.79 Å². The predicted octanol–water partition coefficient (Wildman–Crippen LogP) is 4.14. The highest BCUT2D eigenvalue weighted by Crippen LogP contribution is 2.28. The lowest BCUT2D eigenvalue weighted by molar-refractivity contribution is -0.121. The summed E-state index contributed by atoms with van der Waals surface area (Å²) in [4.78, 5) is 28.5. The fraction of sp³-hybridized carbons (Fsp3) is 0.333. The van der Waals surface area contributed by atoms with Crippen LogP contribution in [0.3, 0.4) is 0 Å². The molecule has 1 heterocycles. The third-order valence-corrected chi connectivity index (χ3v) is 5.43. The Hall–Kier alpha value is -2.47. The molecule has 1 aliphatic rings. The van der Waals surface area contributed by atoms with Crippen molar-refractivity contribution in [2.45, 2.75) is 31.2 Å². The van der Waals surface area contributed by atoms with Gasteiger partial charge in [-0.3, -0.25) is 4.79 Å². The molecule has 5 nitrogen and oxygen atoms in total. The van der Waals surface area contributed by atoms with Crippen molar-refractivity contribution in [3.8, 4) is 0 Å². The Morgan fingerprint density at radius 1 is 1.11 bits per heavy atom. The fourth-order valence-electron chi connectivity index (χ4n) is 3.26. The molecule has 1 aliphatic heterocycles. The topological polar surface area (TPSA) is 61.4 Å². The molecule has 1 unspecified atom stereocenters. The molecule has 0 bridgehead atoms. The van der Waals surface area contributed by atoms with Crippen molar-refractivity contribution >= 4 is 35.1 Å². The lowest BCUT2D eigenvalue weighted by Crippen LogP contribution is -2.52. The molecule has 0 saturated heterocycles. The number of benzene rings is 2. The van der Waals surface area contributed by atoms with Crippen LogP contribution in [0, 0.1) is 5.92 Å². The first-order valence-corrected chi connectivity index (χ1v) is 10.3. The summed E-state index contributed by atoms with van der Waals surface area (Å²) in [6, 6.07) is 14.6. The predicted molar refractivity (Wildman–Crippen MR) is 112 cm³/mol. The Labute approximate surface area is 164 Å². The zero-order valence-corrected chi connectivity index (χ0v) is 16.7. The van der Waals surface area contributed by atoms with E-state index in [0.29, 0.717) is 12.2 Å². The van der Waals surface area contributed by atoms with Gasteiger partial charge < -0.3 is 15.5 Å². The van der Waals surface area contributed by atoms with E-state index in [1.54, 1.807) is 16.7 Å². The second-order valence-corrected chi connectivity index (χ2v) is 7.80. The fourth-order valence-corrected chi connectivity index (χ4v) is 3.72. The molecule has 27 heavy (non-hydrogen) atoms. The molecular formula is C21H25N3O2S. The smallest absolute Gasteiger partial charge is 0.319 e. The first kappa shape index (κ1) is 19.3. The van der Waals surface area contributed by atoms with Crippen LogP contribution in [0.1, 0.15) is 19.4 Å². The average molecular weight is 384 g/mol. The van der Waals surface area contributed by atoms with Gasteiger partial charge in [-0.05, 0) is 48.4 Å². The molecule has 2 aromatic rings. The van der Waals surface area contributed by atoms with Crippen LogP contribution < -0.4 is 15.5 Å². The number of nitrogens with one attached hydrogen (secondary N) is 2. The molecule has 0 spiro atoms. The van der Waals surface area contributed by atoms with E-state index in [9.17, 15) is 9.59 Å². The number of fused-ring (bicyclic) bond motifs is 1. The Kier molecular flexibility index (Phi) is 6.06. The highest BCUT2D eigenvalue weighted by Gasteiger charge is 2.32.